The number of aromatic nitrogens is 1. The van der Waals surface area contributed by atoms with Gasteiger partial charge in [0, 0.05) is 21.2 Å². The summed E-state index contributed by atoms with van der Waals surface area (Å²) in [5.74, 6) is 0.955. The van der Waals surface area contributed by atoms with Crippen LogP contribution in [0, 0.1) is 5.41 Å². The normalized spacial score (nSPS) is 11.0. The standard InChI is InChI=1S/C19H15N3S3/c20-19(21)17-8-15(9-24-17)23-11-18-22-16(10-25-18)14-6-5-12-3-1-2-4-13(12)7-14/h1-10H,11H2,(H3,20,21). The Hall–Kier alpha value is -2.15. The first-order valence-electron chi connectivity index (χ1n) is 7.68. The summed E-state index contributed by atoms with van der Waals surface area (Å²) in [4.78, 5) is 6.73. The van der Waals surface area contributed by atoms with E-state index < -0.39 is 0 Å². The molecule has 0 saturated heterocycles. The van der Waals surface area contributed by atoms with Gasteiger partial charge in [0.25, 0.3) is 0 Å². The average molecular weight is 382 g/mol. The first-order chi connectivity index (χ1) is 12.2. The molecule has 0 aliphatic heterocycles. The Kier molecular flexibility index (Phi) is 4.57. The SMILES string of the molecule is N=C(N)c1cc(SCc2nc(-c3ccc4ccccc4c3)cs2)cs1. The molecule has 0 spiro atoms. The zero-order valence-corrected chi connectivity index (χ0v) is 15.7. The maximum Gasteiger partial charge on any atom is 0.133 e. The van der Waals surface area contributed by atoms with Crippen molar-refractivity contribution in [3.63, 3.8) is 0 Å². The lowest BCUT2D eigenvalue weighted by Crippen LogP contribution is -2.08. The van der Waals surface area contributed by atoms with Crippen molar-refractivity contribution in [3.8, 4) is 11.3 Å². The van der Waals surface area contributed by atoms with Crippen LogP contribution in [0.1, 0.15) is 9.88 Å². The molecular weight excluding hydrogens is 366 g/mol. The van der Waals surface area contributed by atoms with Crippen molar-refractivity contribution in [1.29, 1.82) is 5.41 Å². The van der Waals surface area contributed by atoms with Crippen molar-refractivity contribution in [3.05, 3.63) is 69.2 Å². The summed E-state index contributed by atoms with van der Waals surface area (Å²) in [5.41, 5.74) is 7.70. The van der Waals surface area contributed by atoms with Gasteiger partial charge >= 0.3 is 0 Å². The molecule has 3 N–H and O–H groups in total. The largest absolute Gasteiger partial charge is 0.383 e. The van der Waals surface area contributed by atoms with Crippen molar-refractivity contribution in [2.45, 2.75) is 10.6 Å². The fourth-order valence-electron chi connectivity index (χ4n) is 2.54. The Morgan fingerprint density at radius 1 is 1.04 bits per heavy atom. The molecule has 0 saturated carbocycles. The quantitative estimate of drug-likeness (QED) is 0.269. The molecule has 0 unspecified atom stereocenters. The minimum Gasteiger partial charge on any atom is -0.383 e. The fourth-order valence-corrected chi connectivity index (χ4v) is 5.26. The summed E-state index contributed by atoms with van der Waals surface area (Å²) in [6.07, 6.45) is 0. The van der Waals surface area contributed by atoms with Crippen LogP contribution in [-0.4, -0.2) is 10.8 Å². The Morgan fingerprint density at radius 2 is 1.88 bits per heavy atom. The van der Waals surface area contributed by atoms with Gasteiger partial charge < -0.3 is 5.73 Å². The van der Waals surface area contributed by atoms with E-state index in [9.17, 15) is 0 Å². The Morgan fingerprint density at radius 3 is 2.68 bits per heavy atom. The van der Waals surface area contributed by atoms with E-state index in [1.165, 1.54) is 22.1 Å². The van der Waals surface area contributed by atoms with Crippen LogP contribution in [0.15, 0.2) is 64.2 Å². The van der Waals surface area contributed by atoms with Crippen molar-refractivity contribution in [2.75, 3.05) is 0 Å². The summed E-state index contributed by atoms with van der Waals surface area (Å²) in [6.45, 7) is 0. The van der Waals surface area contributed by atoms with E-state index >= 15 is 0 Å². The van der Waals surface area contributed by atoms with Gasteiger partial charge in [-0.05, 0) is 22.9 Å². The number of thioether (sulfide) groups is 1. The Bertz CT molecular complexity index is 1050. The summed E-state index contributed by atoms with van der Waals surface area (Å²) in [7, 11) is 0. The molecule has 0 amide bonds. The van der Waals surface area contributed by atoms with Crippen LogP contribution in [0.25, 0.3) is 22.0 Å². The highest BCUT2D eigenvalue weighted by Gasteiger charge is 2.08. The molecule has 4 rings (SSSR count). The van der Waals surface area contributed by atoms with Crippen LogP contribution < -0.4 is 5.73 Å². The number of nitrogens with zero attached hydrogens (tertiary/aromatic N) is 1. The Balaban J connectivity index is 1.49. The third-order valence-corrected chi connectivity index (χ3v) is 6.93. The average Bonchev–Trinajstić information content (AvgIpc) is 3.29. The lowest BCUT2D eigenvalue weighted by Gasteiger charge is -2.01. The number of nitrogens with one attached hydrogen (secondary N) is 1. The lowest BCUT2D eigenvalue weighted by atomic mass is 10.1. The zero-order valence-electron chi connectivity index (χ0n) is 13.2. The van der Waals surface area contributed by atoms with Crippen molar-refractivity contribution >= 4 is 51.0 Å². The van der Waals surface area contributed by atoms with E-state index in [1.807, 2.05) is 11.4 Å². The van der Waals surface area contributed by atoms with Gasteiger partial charge in [-0.3, -0.25) is 5.41 Å². The van der Waals surface area contributed by atoms with Gasteiger partial charge in [0.05, 0.1) is 16.3 Å². The second-order valence-corrected chi connectivity index (χ2v) is 8.44. The van der Waals surface area contributed by atoms with E-state index in [0.717, 1.165) is 31.8 Å². The maximum atomic E-state index is 7.47. The number of amidine groups is 1. The highest BCUT2D eigenvalue weighted by atomic mass is 32.2. The summed E-state index contributed by atoms with van der Waals surface area (Å²) < 4.78 is 0. The molecule has 4 aromatic rings. The third kappa shape index (κ3) is 3.61. The minimum absolute atomic E-state index is 0.129. The minimum atomic E-state index is 0.129. The molecule has 3 nitrogen and oxygen atoms in total. The number of fused-ring (bicyclic) bond motifs is 1. The molecule has 0 bridgehead atoms. The smallest absolute Gasteiger partial charge is 0.133 e. The van der Waals surface area contributed by atoms with Crippen molar-refractivity contribution in [2.24, 2.45) is 5.73 Å². The van der Waals surface area contributed by atoms with Gasteiger partial charge in [-0.25, -0.2) is 4.98 Å². The van der Waals surface area contributed by atoms with Crippen molar-refractivity contribution in [1.82, 2.24) is 4.98 Å². The number of thiazole rings is 1. The summed E-state index contributed by atoms with van der Waals surface area (Å²) in [5, 5.41) is 15.2. The zero-order chi connectivity index (χ0) is 17.2. The van der Waals surface area contributed by atoms with Gasteiger partial charge in [0.15, 0.2) is 0 Å². The predicted molar refractivity (Wildman–Crippen MR) is 110 cm³/mol. The first kappa shape index (κ1) is 16.3. The highest BCUT2D eigenvalue weighted by Crippen LogP contribution is 2.31. The van der Waals surface area contributed by atoms with Crippen LogP contribution in [0.5, 0.6) is 0 Å². The van der Waals surface area contributed by atoms with Crippen LogP contribution in [-0.2, 0) is 5.75 Å². The number of rotatable bonds is 5. The lowest BCUT2D eigenvalue weighted by molar-refractivity contribution is 1.27. The van der Waals surface area contributed by atoms with E-state index in [1.54, 1.807) is 23.1 Å². The molecule has 124 valence electrons. The molecule has 0 aliphatic rings. The molecule has 25 heavy (non-hydrogen) atoms. The number of benzene rings is 2. The van der Waals surface area contributed by atoms with E-state index in [-0.39, 0.29) is 5.84 Å². The number of hydrogen-bond acceptors (Lipinski definition) is 5. The summed E-state index contributed by atoms with van der Waals surface area (Å²) in [6, 6.07) is 16.8. The summed E-state index contributed by atoms with van der Waals surface area (Å²) >= 11 is 4.92. The molecule has 6 heteroatoms. The Labute approximate surface area is 158 Å². The topological polar surface area (TPSA) is 62.8 Å². The molecule has 2 aromatic carbocycles. The number of hydrogen-bond donors (Lipinski definition) is 2. The predicted octanol–water partition coefficient (Wildman–Crippen LogP) is 5.60. The molecule has 0 atom stereocenters. The van der Waals surface area contributed by atoms with E-state index in [2.05, 4.69) is 47.8 Å². The van der Waals surface area contributed by atoms with Gasteiger partial charge in [-0.2, -0.15) is 0 Å². The molecule has 0 fully saturated rings. The fraction of sp³-hybridized carbons (Fsp3) is 0.0526. The molecular formula is C19H15N3S3. The molecule has 2 aromatic heterocycles. The number of nitrogens with two attached hydrogens (primary N) is 1. The van der Waals surface area contributed by atoms with Crippen LogP contribution in [0.4, 0.5) is 0 Å². The van der Waals surface area contributed by atoms with Gasteiger partial charge in [-0.15, -0.1) is 34.4 Å². The molecule has 0 aliphatic carbocycles. The van der Waals surface area contributed by atoms with Crippen molar-refractivity contribution < 1.29 is 0 Å². The first-order valence-corrected chi connectivity index (χ1v) is 10.4. The third-order valence-electron chi connectivity index (χ3n) is 3.80. The molecule has 2 heterocycles. The second kappa shape index (κ2) is 7.00. The second-order valence-electron chi connectivity index (χ2n) is 5.54. The maximum absolute atomic E-state index is 7.47. The van der Waals surface area contributed by atoms with Gasteiger partial charge in [0.1, 0.15) is 10.8 Å². The number of thiophene rings is 1. The van der Waals surface area contributed by atoms with Gasteiger partial charge in [0.2, 0.25) is 0 Å². The monoisotopic (exact) mass is 381 g/mol. The number of nitrogen functional groups attached to an aromatic ring is 1. The van der Waals surface area contributed by atoms with E-state index in [0.29, 0.717) is 0 Å². The van der Waals surface area contributed by atoms with E-state index in [4.69, 9.17) is 16.1 Å². The highest BCUT2D eigenvalue weighted by molar-refractivity contribution is 7.98. The van der Waals surface area contributed by atoms with Crippen LogP contribution >= 0.6 is 34.4 Å². The van der Waals surface area contributed by atoms with Gasteiger partial charge in [-0.1, -0.05) is 36.4 Å². The van der Waals surface area contributed by atoms with Crippen LogP contribution in [0.2, 0.25) is 0 Å². The van der Waals surface area contributed by atoms with Crippen LogP contribution in [0.3, 0.4) is 0 Å². The molecule has 0 radical (unpaired) electrons.